The second kappa shape index (κ2) is 11.0. The molecule has 1 N–H and O–H groups in total. The molecular weight excluding hydrogens is 432 g/mol. The van der Waals surface area contributed by atoms with Crippen LogP contribution in [0.15, 0.2) is 30.3 Å². The lowest BCUT2D eigenvalue weighted by Crippen LogP contribution is -2.50. The van der Waals surface area contributed by atoms with Crippen molar-refractivity contribution in [1.29, 1.82) is 5.26 Å². The molecule has 0 aromatic heterocycles. The number of Topliss-reactive ketones (excluding diaryl/α,β-unsaturated/α-hetero) is 1. The number of rotatable bonds is 6. The largest absolute Gasteiger partial charge is 0.446 e. The summed E-state index contributed by atoms with van der Waals surface area (Å²) >= 11 is 0. The molecule has 34 heavy (non-hydrogen) atoms. The number of nitriles is 1. The van der Waals surface area contributed by atoms with E-state index in [1.54, 1.807) is 0 Å². The first-order valence-corrected chi connectivity index (χ1v) is 12.4. The van der Waals surface area contributed by atoms with Gasteiger partial charge in [-0.15, -0.1) is 0 Å². The highest BCUT2D eigenvalue weighted by Crippen LogP contribution is 2.33. The van der Waals surface area contributed by atoms with E-state index in [0.717, 1.165) is 44.3 Å². The lowest BCUT2D eigenvalue weighted by Gasteiger charge is -2.31. The van der Waals surface area contributed by atoms with Gasteiger partial charge in [0.2, 0.25) is 5.91 Å². The molecule has 0 unspecified atom stereocenters. The van der Waals surface area contributed by atoms with Crippen molar-refractivity contribution < 1.29 is 19.1 Å². The van der Waals surface area contributed by atoms with Crippen LogP contribution < -0.4 is 5.32 Å². The third-order valence-electron chi connectivity index (χ3n) is 7.47. The third kappa shape index (κ3) is 5.76. The number of piperidine rings is 1. The Hall–Kier alpha value is -2.92. The molecule has 1 aromatic carbocycles. The number of ketones is 1. The Morgan fingerprint density at radius 2 is 1.94 bits per heavy atom. The maximum absolute atomic E-state index is 13.3. The number of amides is 2. The van der Waals surface area contributed by atoms with Crippen LogP contribution in [0.5, 0.6) is 0 Å². The van der Waals surface area contributed by atoms with E-state index >= 15 is 0 Å². The van der Waals surface area contributed by atoms with E-state index in [9.17, 15) is 19.6 Å². The maximum Gasteiger partial charge on any atom is 0.410 e. The number of hydrogen-bond acceptors (Lipinski definition) is 6. The standard InChI is InChI=1S/C26H34N4O4/c1-29-12-10-22(11-13-29)34-26(33)30-17-20(18-6-3-2-4-7-18)15-23(30)25(32)28-21(16-27)14-19-8-5-9-24(19)31/h2-4,6-7,19-23H,5,8-15,17H2,1H3,(H,28,32)/t19-,20+,21-,23-/m0/s1. The van der Waals surface area contributed by atoms with Crippen molar-refractivity contribution in [2.75, 3.05) is 26.7 Å². The minimum absolute atomic E-state index is 0.0129. The second-order valence-corrected chi connectivity index (χ2v) is 9.88. The smallest absolute Gasteiger partial charge is 0.410 e. The van der Waals surface area contributed by atoms with Crippen molar-refractivity contribution in [2.24, 2.45) is 5.92 Å². The van der Waals surface area contributed by atoms with Crippen LogP contribution in [0.25, 0.3) is 0 Å². The van der Waals surface area contributed by atoms with E-state index in [1.807, 2.05) is 37.4 Å². The van der Waals surface area contributed by atoms with Gasteiger partial charge in [0.25, 0.3) is 0 Å². The lowest BCUT2D eigenvalue weighted by atomic mass is 9.95. The second-order valence-electron chi connectivity index (χ2n) is 9.88. The van der Waals surface area contributed by atoms with Crippen LogP contribution in [-0.2, 0) is 14.3 Å². The first kappa shape index (κ1) is 24.2. The molecular formula is C26H34N4O4. The Bertz CT molecular complexity index is 922. The number of ether oxygens (including phenoxy) is 1. The van der Waals surface area contributed by atoms with Gasteiger partial charge in [-0.1, -0.05) is 30.3 Å². The van der Waals surface area contributed by atoms with Crippen molar-refractivity contribution in [1.82, 2.24) is 15.1 Å². The lowest BCUT2D eigenvalue weighted by molar-refractivity contribution is -0.126. The number of hydrogen-bond donors (Lipinski definition) is 1. The fourth-order valence-electron chi connectivity index (χ4n) is 5.40. The van der Waals surface area contributed by atoms with Gasteiger partial charge < -0.3 is 15.0 Å². The summed E-state index contributed by atoms with van der Waals surface area (Å²) < 4.78 is 5.81. The monoisotopic (exact) mass is 466 g/mol. The average Bonchev–Trinajstić information content (AvgIpc) is 3.47. The first-order chi connectivity index (χ1) is 16.4. The third-order valence-corrected chi connectivity index (χ3v) is 7.47. The SMILES string of the molecule is CN1CCC(OC(=O)N2C[C@H](c3ccccc3)C[C@H]2C(=O)N[C@H](C#N)C[C@@H]2CCCC2=O)CC1. The number of nitrogens with one attached hydrogen (secondary N) is 1. The average molecular weight is 467 g/mol. The van der Waals surface area contributed by atoms with E-state index in [-0.39, 0.29) is 29.6 Å². The summed E-state index contributed by atoms with van der Waals surface area (Å²) in [6.45, 7) is 2.14. The Morgan fingerprint density at radius 1 is 1.21 bits per heavy atom. The quantitative estimate of drug-likeness (QED) is 0.692. The fourth-order valence-corrected chi connectivity index (χ4v) is 5.40. The fraction of sp³-hybridized carbons (Fsp3) is 0.615. The van der Waals surface area contributed by atoms with Crippen molar-refractivity contribution in [2.45, 2.75) is 69.1 Å². The van der Waals surface area contributed by atoms with Crippen molar-refractivity contribution in [3.63, 3.8) is 0 Å². The van der Waals surface area contributed by atoms with Crippen LogP contribution in [0.4, 0.5) is 4.79 Å². The number of carbonyl (C=O) groups excluding carboxylic acids is 3. The Labute approximate surface area is 201 Å². The van der Waals surface area contributed by atoms with Crippen LogP contribution >= 0.6 is 0 Å². The predicted octanol–water partition coefficient (Wildman–Crippen LogP) is 2.84. The zero-order valence-corrected chi connectivity index (χ0v) is 19.8. The predicted molar refractivity (Wildman–Crippen MR) is 126 cm³/mol. The van der Waals surface area contributed by atoms with Crippen molar-refractivity contribution in [3.8, 4) is 6.07 Å². The summed E-state index contributed by atoms with van der Waals surface area (Å²) in [6, 6.07) is 10.5. The number of benzene rings is 1. The van der Waals surface area contributed by atoms with Gasteiger partial charge in [-0.05, 0) is 51.1 Å². The van der Waals surface area contributed by atoms with E-state index in [0.29, 0.717) is 25.8 Å². The molecule has 4 atom stereocenters. The summed E-state index contributed by atoms with van der Waals surface area (Å²) in [5.41, 5.74) is 1.07. The summed E-state index contributed by atoms with van der Waals surface area (Å²) in [4.78, 5) is 42.2. The molecule has 1 saturated carbocycles. The summed E-state index contributed by atoms with van der Waals surface area (Å²) in [5.74, 6) is -0.339. The normalized spacial score (nSPS) is 26.8. The molecule has 0 radical (unpaired) electrons. The van der Waals surface area contributed by atoms with Gasteiger partial charge in [0.05, 0.1) is 6.07 Å². The molecule has 8 heteroatoms. The number of nitrogens with zero attached hydrogens (tertiary/aromatic N) is 3. The molecule has 0 spiro atoms. The van der Waals surface area contributed by atoms with Crippen molar-refractivity contribution >= 4 is 17.8 Å². The van der Waals surface area contributed by atoms with E-state index in [1.165, 1.54) is 4.90 Å². The van der Waals surface area contributed by atoms with Crippen LogP contribution in [0.2, 0.25) is 0 Å². The van der Waals surface area contributed by atoms with Gasteiger partial charge in [0.1, 0.15) is 24.0 Å². The minimum Gasteiger partial charge on any atom is -0.446 e. The number of likely N-dealkylation sites (tertiary alicyclic amines) is 2. The Balaban J connectivity index is 1.44. The van der Waals surface area contributed by atoms with Crippen LogP contribution in [0.3, 0.4) is 0 Å². The highest BCUT2D eigenvalue weighted by atomic mass is 16.6. The maximum atomic E-state index is 13.3. The topological polar surface area (TPSA) is 103 Å². The molecule has 2 saturated heterocycles. The zero-order valence-electron chi connectivity index (χ0n) is 19.8. The van der Waals surface area contributed by atoms with Gasteiger partial charge >= 0.3 is 6.09 Å². The van der Waals surface area contributed by atoms with Gasteiger partial charge in [0, 0.05) is 37.9 Å². The highest BCUT2D eigenvalue weighted by molar-refractivity contribution is 5.87. The Kier molecular flexibility index (Phi) is 7.84. The summed E-state index contributed by atoms with van der Waals surface area (Å²) in [6.07, 6.45) is 3.90. The van der Waals surface area contributed by atoms with E-state index in [2.05, 4.69) is 16.3 Å². The van der Waals surface area contributed by atoms with Crippen LogP contribution in [0, 0.1) is 17.2 Å². The molecule has 1 aliphatic carbocycles. The van der Waals surface area contributed by atoms with Crippen molar-refractivity contribution in [3.05, 3.63) is 35.9 Å². The van der Waals surface area contributed by atoms with Gasteiger partial charge in [0.15, 0.2) is 0 Å². The highest BCUT2D eigenvalue weighted by Gasteiger charge is 2.42. The van der Waals surface area contributed by atoms with Gasteiger partial charge in [-0.2, -0.15) is 5.26 Å². The molecule has 8 nitrogen and oxygen atoms in total. The van der Waals surface area contributed by atoms with Gasteiger partial charge in [-0.25, -0.2) is 4.79 Å². The zero-order chi connectivity index (χ0) is 24.1. The Morgan fingerprint density at radius 3 is 2.59 bits per heavy atom. The van der Waals surface area contributed by atoms with Crippen LogP contribution in [-0.4, -0.2) is 72.5 Å². The molecule has 1 aromatic rings. The molecule has 0 bridgehead atoms. The van der Waals surface area contributed by atoms with Gasteiger partial charge in [-0.3, -0.25) is 14.5 Å². The molecule has 2 heterocycles. The molecule has 3 aliphatic rings. The molecule has 182 valence electrons. The summed E-state index contributed by atoms with van der Waals surface area (Å²) in [5, 5.41) is 12.4. The first-order valence-electron chi connectivity index (χ1n) is 12.4. The minimum atomic E-state index is -0.748. The summed E-state index contributed by atoms with van der Waals surface area (Å²) in [7, 11) is 2.05. The van der Waals surface area contributed by atoms with E-state index in [4.69, 9.17) is 4.74 Å². The molecule has 2 aliphatic heterocycles. The molecule has 2 amide bonds. The van der Waals surface area contributed by atoms with Crippen LogP contribution in [0.1, 0.15) is 56.4 Å². The number of carbonyl (C=O) groups is 3. The molecule has 4 rings (SSSR count). The molecule has 3 fully saturated rings. The van der Waals surface area contributed by atoms with E-state index < -0.39 is 18.2 Å².